The number of aromatic nitrogens is 2. The van der Waals surface area contributed by atoms with Gasteiger partial charge in [-0.1, -0.05) is 6.92 Å². The molecule has 0 saturated heterocycles. The fourth-order valence-electron chi connectivity index (χ4n) is 3.46. The van der Waals surface area contributed by atoms with Crippen LogP contribution >= 0.6 is 0 Å². The minimum absolute atomic E-state index is 0.0363. The van der Waals surface area contributed by atoms with Gasteiger partial charge in [-0.15, -0.1) is 0 Å². The average molecular weight is 592 g/mol. The number of aryl methyl sites for hydroxylation is 2. The molecule has 16 heteroatoms. The number of hydrogen-bond acceptors (Lipinski definition) is 5. The summed E-state index contributed by atoms with van der Waals surface area (Å²) in [7, 11) is 0. The molecule has 1 atom stereocenters. The van der Waals surface area contributed by atoms with Gasteiger partial charge in [0.2, 0.25) is 0 Å². The number of imidazole rings is 1. The van der Waals surface area contributed by atoms with Crippen LogP contribution in [0.5, 0.6) is 5.75 Å². The summed E-state index contributed by atoms with van der Waals surface area (Å²) in [4.78, 5) is 37.3. The number of carboxylic acid groups (broad SMARTS) is 2. The Kier molecular flexibility index (Phi) is 10.2. The van der Waals surface area contributed by atoms with Crippen LogP contribution in [0.4, 0.5) is 31.1 Å². The summed E-state index contributed by atoms with van der Waals surface area (Å²) < 4.78 is 80.3. The Morgan fingerprint density at radius 3 is 2.20 bits per heavy atom. The normalized spacial score (nSPS) is 12.6. The zero-order chi connectivity index (χ0) is 31.3. The molecular weight excluding hydrogens is 566 g/mol. The number of aliphatic carboxylic acids is 1. The highest BCUT2D eigenvalue weighted by Gasteiger charge is 2.38. The van der Waals surface area contributed by atoms with Crippen molar-refractivity contribution in [2.24, 2.45) is 0 Å². The smallest absolute Gasteiger partial charge is 0.485 e. The van der Waals surface area contributed by atoms with Crippen molar-refractivity contribution in [3.63, 3.8) is 0 Å². The second-order valence-electron chi connectivity index (χ2n) is 9.06. The molecule has 0 aliphatic rings. The van der Waals surface area contributed by atoms with Crippen molar-refractivity contribution in [3.8, 4) is 5.75 Å². The Balaban J connectivity index is 0.000000745. The van der Waals surface area contributed by atoms with Crippen LogP contribution in [-0.4, -0.2) is 55.8 Å². The van der Waals surface area contributed by atoms with Crippen molar-refractivity contribution in [1.82, 2.24) is 20.0 Å². The number of fused-ring (bicyclic) bond motifs is 1. The minimum Gasteiger partial charge on any atom is -0.485 e. The number of carbonyl (C=O) groups is 3. The van der Waals surface area contributed by atoms with E-state index in [1.54, 1.807) is 40.0 Å². The van der Waals surface area contributed by atoms with Crippen LogP contribution < -0.4 is 15.4 Å². The van der Waals surface area contributed by atoms with Crippen LogP contribution in [0, 0.1) is 31.3 Å². The Hall–Kier alpha value is -4.50. The largest absolute Gasteiger partial charge is 0.490 e. The van der Waals surface area contributed by atoms with Crippen molar-refractivity contribution in [1.29, 1.82) is 0 Å². The number of hydrogen-bond donors (Lipinski definition) is 4. The van der Waals surface area contributed by atoms with E-state index >= 15 is 0 Å². The predicted octanol–water partition coefficient (Wildman–Crippen LogP) is 4.75. The van der Waals surface area contributed by atoms with Gasteiger partial charge >= 0.3 is 18.2 Å². The molecule has 3 rings (SSSR count). The fourth-order valence-corrected chi connectivity index (χ4v) is 3.46. The van der Waals surface area contributed by atoms with Gasteiger partial charge in [0.25, 0.3) is 5.91 Å². The van der Waals surface area contributed by atoms with Crippen LogP contribution in [0.2, 0.25) is 0 Å². The first kappa shape index (κ1) is 32.7. The minimum atomic E-state index is -5.08. The lowest BCUT2D eigenvalue weighted by Gasteiger charge is -2.28. The van der Waals surface area contributed by atoms with E-state index in [-0.39, 0.29) is 23.6 Å². The van der Waals surface area contributed by atoms with Gasteiger partial charge in [-0.3, -0.25) is 9.20 Å². The van der Waals surface area contributed by atoms with Crippen molar-refractivity contribution in [2.75, 3.05) is 6.54 Å². The van der Waals surface area contributed by atoms with Gasteiger partial charge in [-0.2, -0.15) is 13.2 Å². The topological polar surface area (TPSA) is 142 Å². The number of benzene rings is 1. The third-order valence-electron chi connectivity index (χ3n) is 5.79. The molecule has 0 saturated carbocycles. The van der Waals surface area contributed by atoms with Crippen molar-refractivity contribution in [3.05, 3.63) is 64.4 Å². The molecular formula is C25H26F6N4O6. The van der Waals surface area contributed by atoms with E-state index in [1.165, 1.54) is 4.40 Å². The van der Waals surface area contributed by atoms with Crippen molar-refractivity contribution < 1.29 is 55.7 Å². The third kappa shape index (κ3) is 8.25. The molecule has 4 N–H and O–H groups in total. The summed E-state index contributed by atoms with van der Waals surface area (Å²) in [6.45, 7) is 6.26. The number of ether oxygens (including phenoxy) is 1. The van der Waals surface area contributed by atoms with Gasteiger partial charge in [0.1, 0.15) is 18.1 Å². The van der Waals surface area contributed by atoms with Gasteiger partial charge in [0.05, 0.1) is 16.8 Å². The standard InChI is InChI=1S/C23H25F3N4O4.C2HF3O2/c1-5-23(4,29-22(32)33)11-27-21(31)19-13(3)28-20-17(8-12(2)9-30(19)20)34-10-14-15(24)6-7-16(25)18(14)26;3-2(4,5)1(6)7/h6-9,29H,5,10-11H2,1-4H3,(H,27,31)(H,32,33);(H,6,7). The SMILES string of the molecule is CCC(C)(CNC(=O)c1c(C)nc2c(OCc3c(F)ccc(F)c3F)cc(C)cn12)NC(=O)O.O=C(O)C(F)(F)F. The molecule has 2 amide bonds. The molecule has 2 heterocycles. The third-order valence-corrected chi connectivity index (χ3v) is 5.79. The molecule has 0 spiro atoms. The second kappa shape index (κ2) is 12.8. The lowest BCUT2D eigenvalue weighted by atomic mass is 9.99. The lowest BCUT2D eigenvalue weighted by Crippen LogP contribution is -2.52. The maximum atomic E-state index is 14.0. The first-order valence-corrected chi connectivity index (χ1v) is 11.7. The quantitative estimate of drug-likeness (QED) is 0.219. The highest BCUT2D eigenvalue weighted by molar-refractivity contribution is 5.95. The zero-order valence-electron chi connectivity index (χ0n) is 22.1. The molecule has 41 heavy (non-hydrogen) atoms. The summed E-state index contributed by atoms with van der Waals surface area (Å²) in [6.07, 6.45) is -4.20. The summed E-state index contributed by atoms with van der Waals surface area (Å²) >= 11 is 0. The van der Waals surface area contributed by atoms with Crippen LogP contribution in [0.3, 0.4) is 0 Å². The van der Waals surface area contributed by atoms with E-state index in [4.69, 9.17) is 19.7 Å². The summed E-state index contributed by atoms with van der Waals surface area (Å²) in [5.41, 5.74) is 0.0122. The van der Waals surface area contributed by atoms with Gasteiger partial charge in [0, 0.05) is 12.7 Å². The highest BCUT2D eigenvalue weighted by Crippen LogP contribution is 2.26. The second-order valence-corrected chi connectivity index (χ2v) is 9.06. The number of halogens is 6. The molecule has 1 unspecified atom stereocenters. The van der Waals surface area contributed by atoms with E-state index in [1.807, 2.05) is 0 Å². The van der Waals surface area contributed by atoms with E-state index < -0.39 is 59.3 Å². The number of nitrogens with one attached hydrogen (secondary N) is 2. The van der Waals surface area contributed by atoms with E-state index in [0.29, 0.717) is 23.7 Å². The first-order chi connectivity index (χ1) is 18.9. The van der Waals surface area contributed by atoms with Gasteiger partial charge < -0.3 is 25.6 Å². The van der Waals surface area contributed by atoms with E-state index in [2.05, 4.69) is 15.6 Å². The number of pyridine rings is 1. The van der Waals surface area contributed by atoms with Crippen molar-refractivity contribution >= 4 is 23.6 Å². The Morgan fingerprint density at radius 2 is 1.66 bits per heavy atom. The molecule has 0 aliphatic heterocycles. The number of alkyl halides is 3. The highest BCUT2D eigenvalue weighted by atomic mass is 19.4. The van der Waals surface area contributed by atoms with E-state index in [9.17, 15) is 35.9 Å². The summed E-state index contributed by atoms with van der Waals surface area (Å²) in [5, 5.41) is 21.3. The maximum absolute atomic E-state index is 14.0. The average Bonchev–Trinajstić information content (AvgIpc) is 3.20. The molecule has 10 nitrogen and oxygen atoms in total. The molecule has 1 aromatic carbocycles. The summed E-state index contributed by atoms with van der Waals surface area (Å²) in [6, 6.07) is 3.09. The molecule has 3 aromatic rings. The number of amides is 2. The lowest BCUT2D eigenvalue weighted by molar-refractivity contribution is -0.192. The predicted molar refractivity (Wildman–Crippen MR) is 131 cm³/mol. The zero-order valence-corrected chi connectivity index (χ0v) is 22.1. The van der Waals surface area contributed by atoms with Gasteiger partial charge in [0.15, 0.2) is 23.0 Å². The number of rotatable bonds is 8. The van der Waals surface area contributed by atoms with Crippen LogP contribution in [0.15, 0.2) is 24.4 Å². The Bertz CT molecular complexity index is 1460. The number of carboxylic acids is 1. The number of nitrogens with zero attached hydrogens (tertiary/aromatic N) is 2. The van der Waals surface area contributed by atoms with Crippen LogP contribution in [0.25, 0.3) is 5.65 Å². The summed E-state index contributed by atoms with van der Waals surface area (Å²) in [5.74, 6) is -6.57. The number of carbonyl (C=O) groups excluding carboxylic acids is 1. The molecule has 0 bridgehead atoms. The van der Waals surface area contributed by atoms with Crippen LogP contribution in [-0.2, 0) is 11.4 Å². The molecule has 0 radical (unpaired) electrons. The molecule has 224 valence electrons. The Morgan fingerprint density at radius 1 is 1.07 bits per heavy atom. The van der Waals surface area contributed by atoms with Gasteiger partial charge in [-0.25, -0.2) is 27.7 Å². The molecule has 0 fully saturated rings. The maximum Gasteiger partial charge on any atom is 0.490 e. The monoisotopic (exact) mass is 592 g/mol. The fraction of sp³-hybridized carbons (Fsp3) is 0.360. The Labute approximate surface area is 228 Å². The van der Waals surface area contributed by atoms with Crippen LogP contribution in [0.1, 0.15) is 47.6 Å². The first-order valence-electron chi connectivity index (χ1n) is 11.7. The van der Waals surface area contributed by atoms with E-state index in [0.717, 1.165) is 6.07 Å². The molecule has 2 aromatic heterocycles. The van der Waals surface area contributed by atoms with Gasteiger partial charge in [-0.05, 0) is 51.0 Å². The van der Waals surface area contributed by atoms with Crippen molar-refractivity contribution in [2.45, 2.75) is 52.4 Å². The molecule has 0 aliphatic carbocycles.